The Kier molecular flexibility index (Phi) is 5.03. The first-order valence-electron chi connectivity index (χ1n) is 9.36. The highest BCUT2D eigenvalue weighted by Crippen LogP contribution is 2.34. The quantitative estimate of drug-likeness (QED) is 0.645. The van der Waals surface area contributed by atoms with Crippen LogP contribution in [0.3, 0.4) is 0 Å². The van der Waals surface area contributed by atoms with Gasteiger partial charge in [0.1, 0.15) is 10.7 Å². The molecule has 0 radical (unpaired) electrons. The van der Waals surface area contributed by atoms with Crippen LogP contribution in [0, 0.1) is 0 Å². The molecule has 2 aromatic heterocycles. The van der Waals surface area contributed by atoms with Crippen LogP contribution in [0.1, 0.15) is 36.5 Å². The number of ether oxygens (including phenoxy) is 2. The molecule has 0 saturated carbocycles. The summed E-state index contributed by atoms with van der Waals surface area (Å²) in [5, 5.41) is 4.09. The van der Waals surface area contributed by atoms with Gasteiger partial charge in [-0.1, -0.05) is 0 Å². The van der Waals surface area contributed by atoms with Crippen LogP contribution in [0.25, 0.3) is 10.2 Å². The highest BCUT2D eigenvalue weighted by molar-refractivity contribution is 7.18. The van der Waals surface area contributed by atoms with Crippen LogP contribution in [-0.2, 0) is 19.4 Å². The van der Waals surface area contributed by atoms with Gasteiger partial charge in [0.2, 0.25) is 0 Å². The Morgan fingerprint density at radius 3 is 2.81 bits per heavy atom. The standard InChI is InChI=1S/C20H23N3O3S/c1-3-25-14-9-8-12(10-15(14)26-4-2)21-11-17-22-19(24)18-13-6-5-7-16(13)27-20(18)23-17/h8-10,21H,3-7,11H2,1-2H3,(H,22,23,24). The van der Waals surface area contributed by atoms with Crippen molar-refractivity contribution in [1.82, 2.24) is 9.97 Å². The van der Waals surface area contributed by atoms with Crippen LogP contribution in [0.4, 0.5) is 5.69 Å². The molecule has 0 bridgehead atoms. The third-order valence-corrected chi connectivity index (χ3v) is 5.81. The van der Waals surface area contributed by atoms with Crippen molar-refractivity contribution in [2.24, 2.45) is 0 Å². The van der Waals surface area contributed by atoms with Gasteiger partial charge in [0.25, 0.3) is 5.56 Å². The molecule has 6 nitrogen and oxygen atoms in total. The molecule has 0 saturated heterocycles. The fourth-order valence-electron chi connectivity index (χ4n) is 3.48. The second-order valence-corrected chi connectivity index (χ2v) is 7.51. The number of fused-ring (bicyclic) bond motifs is 3. The van der Waals surface area contributed by atoms with Crippen molar-refractivity contribution in [3.8, 4) is 11.5 Å². The highest BCUT2D eigenvalue weighted by Gasteiger charge is 2.21. The van der Waals surface area contributed by atoms with Crippen LogP contribution in [0.5, 0.6) is 11.5 Å². The number of nitrogens with one attached hydrogen (secondary N) is 2. The van der Waals surface area contributed by atoms with Gasteiger partial charge in [-0.15, -0.1) is 11.3 Å². The first-order chi connectivity index (χ1) is 13.2. The maximum Gasteiger partial charge on any atom is 0.259 e. The van der Waals surface area contributed by atoms with Gasteiger partial charge >= 0.3 is 0 Å². The monoisotopic (exact) mass is 385 g/mol. The third kappa shape index (κ3) is 3.51. The molecule has 1 aliphatic carbocycles. The molecule has 1 aromatic carbocycles. The number of aromatic nitrogens is 2. The highest BCUT2D eigenvalue weighted by atomic mass is 32.1. The topological polar surface area (TPSA) is 76.2 Å². The Balaban J connectivity index is 1.55. The summed E-state index contributed by atoms with van der Waals surface area (Å²) in [5.74, 6) is 2.07. The largest absolute Gasteiger partial charge is 0.490 e. The first kappa shape index (κ1) is 17.9. The Morgan fingerprint density at radius 1 is 1.19 bits per heavy atom. The molecule has 3 aromatic rings. The minimum Gasteiger partial charge on any atom is -0.490 e. The van der Waals surface area contributed by atoms with Gasteiger partial charge in [0.05, 0.1) is 25.1 Å². The van der Waals surface area contributed by atoms with Crippen LogP contribution in [0.15, 0.2) is 23.0 Å². The zero-order valence-electron chi connectivity index (χ0n) is 15.6. The minimum absolute atomic E-state index is 0.0297. The maximum absolute atomic E-state index is 12.5. The van der Waals surface area contributed by atoms with Gasteiger partial charge in [-0.05, 0) is 50.8 Å². The van der Waals surface area contributed by atoms with Gasteiger partial charge < -0.3 is 19.8 Å². The van der Waals surface area contributed by atoms with Crippen LogP contribution >= 0.6 is 11.3 Å². The lowest BCUT2D eigenvalue weighted by atomic mass is 10.2. The second kappa shape index (κ2) is 7.60. The number of aryl methyl sites for hydroxylation is 2. The molecule has 4 rings (SSSR count). The molecule has 0 aliphatic heterocycles. The molecule has 2 N–H and O–H groups in total. The van der Waals surface area contributed by atoms with Gasteiger partial charge in [0, 0.05) is 16.6 Å². The zero-order chi connectivity index (χ0) is 18.8. The summed E-state index contributed by atoms with van der Waals surface area (Å²) in [6.07, 6.45) is 3.19. The van der Waals surface area contributed by atoms with Gasteiger partial charge in [-0.25, -0.2) is 4.98 Å². The van der Waals surface area contributed by atoms with Crippen molar-refractivity contribution in [2.45, 2.75) is 39.7 Å². The molecule has 0 atom stereocenters. The Bertz CT molecular complexity index is 1030. The number of benzene rings is 1. The van der Waals surface area contributed by atoms with E-state index in [9.17, 15) is 4.79 Å². The van der Waals surface area contributed by atoms with Crippen LogP contribution in [-0.4, -0.2) is 23.2 Å². The van der Waals surface area contributed by atoms with Crippen molar-refractivity contribution >= 4 is 27.2 Å². The number of aromatic amines is 1. The number of thiophene rings is 1. The molecule has 0 amide bonds. The van der Waals surface area contributed by atoms with Crippen molar-refractivity contribution in [2.75, 3.05) is 18.5 Å². The molecule has 0 unspecified atom stereocenters. The van der Waals surface area contributed by atoms with Crippen LogP contribution in [0.2, 0.25) is 0 Å². The van der Waals surface area contributed by atoms with E-state index in [4.69, 9.17) is 9.47 Å². The summed E-state index contributed by atoms with van der Waals surface area (Å²) in [6, 6.07) is 5.73. The van der Waals surface area contributed by atoms with E-state index in [0.29, 0.717) is 31.3 Å². The molecular weight excluding hydrogens is 362 g/mol. The Morgan fingerprint density at radius 2 is 2.00 bits per heavy atom. The average molecular weight is 385 g/mol. The lowest BCUT2D eigenvalue weighted by Crippen LogP contribution is -2.14. The third-order valence-electron chi connectivity index (χ3n) is 4.63. The minimum atomic E-state index is -0.0297. The number of rotatable bonds is 7. The van der Waals surface area contributed by atoms with Crippen molar-refractivity contribution in [3.05, 3.63) is 44.8 Å². The molecule has 0 fully saturated rings. The summed E-state index contributed by atoms with van der Waals surface area (Å²) in [5.41, 5.74) is 2.06. The summed E-state index contributed by atoms with van der Waals surface area (Å²) in [4.78, 5) is 22.3. The zero-order valence-corrected chi connectivity index (χ0v) is 16.4. The summed E-state index contributed by atoms with van der Waals surface area (Å²) < 4.78 is 11.2. The average Bonchev–Trinajstić information content (AvgIpc) is 3.23. The molecular formula is C20H23N3O3S. The fourth-order valence-corrected chi connectivity index (χ4v) is 4.76. The van der Waals surface area contributed by atoms with E-state index in [1.54, 1.807) is 11.3 Å². The maximum atomic E-state index is 12.5. The van der Waals surface area contributed by atoms with Gasteiger partial charge in [0.15, 0.2) is 11.5 Å². The van der Waals surface area contributed by atoms with E-state index in [2.05, 4.69) is 15.3 Å². The van der Waals surface area contributed by atoms with E-state index >= 15 is 0 Å². The molecule has 142 valence electrons. The van der Waals surface area contributed by atoms with E-state index in [-0.39, 0.29) is 5.56 Å². The second-order valence-electron chi connectivity index (χ2n) is 6.43. The van der Waals surface area contributed by atoms with E-state index in [0.717, 1.165) is 40.9 Å². The molecule has 1 aliphatic rings. The van der Waals surface area contributed by atoms with Gasteiger partial charge in [-0.3, -0.25) is 4.79 Å². The number of nitrogens with zero attached hydrogens (tertiary/aromatic N) is 1. The predicted molar refractivity (Wildman–Crippen MR) is 108 cm³/mol. The van der Waals surface area contributed by atoms with E-state index in [1.807, 2.05) is 32.0 Å². The van der Waals surface area contributed by atoms with E-state index < -0.39 is 0 Å². The SMILES string of the molecule is CCOc1ccc(NCc2nc3sc4c(c3c(=O)[nH]2)CCC4)cc1OCC. The number of hydrogen-bond donors (Lipinski definition) is 2. The molecule has 27 heavy (non-hydrogen) atoms. The van der Waals surface area contributed by atoms with Gasteiger partial charge in [-0.2, -0.15) is 0 Å². The van der Waals surface area contributed by atoms with Crippen molar-refractivity contribution in [3.63, 3.8) is 0 Å². The van der Waals surface area contributed by atoms with Crippen LogP contribution < -0.4 is 20.3 Å². The number of hydrogen-bond acceptors (Lipinski definition) is 6. The molecule has 7 heteroatoms. The number of anilines is 1. The number of H-pyrrole nitrogens is 1. The van der Waals surface area contributed by atoms with Crippen molar-refractivity contribution in [1.29, 1.82) is 0 Å². The Hall–Kier alpha value is -2.54. The summed E-state index contributed by atoms with van der Waals surface area (Å²) in [6.45, 7) is 5.48. The summed E-state index contributed by atoms with van der Waals surface area (Å²) in [7, 11) is 0. The fraction of sp³-hybridized carbons (Fsp3) is 0.400. The normalized spacial score (nSPS) is 13.0. The molecule has 0 spiro atoms. The predicted octanol–water partition coefficient (Wildman–Crippen LogP) is 3.88. The lowest BCUT2D eigenvalue weighted by molar-refractivity contribution is 0.288. The lowest BCUT2D eigenvalue weighted by Gasteiger charge is -2.13. The first-order valence-corrected chi connectivity index (χ1v) is 10.2. The summed E-state index contributed by atoms with van der Waals surface area (Å²) >= 11 is 1.66. The van der Waals surface area contributed by atoms with Crippen molar-refractivity contribution < 1.29 is 9.47 Å². The van der Waals surface area contributed by atoms with E-state index in [1.165, 1.54) is 10.4 Å². The molecule has 2 heterocycles. The smallest absolute Gasteiger partial charge is 0.259 e. The Labute approximate surface area is 161 Å².